The number of hydrogen-bond donors (Lipinski definition) is 0. The Bertz CT molecular complexity index is 1280. The Balaban J connectivity index is 1.23. The largest absolute Gasteiger partial charge is 0.467 e. The van der Waals surface area contributed by atoms with E-state index in [0.717, 1.165) is 45.7 Å². The number of amides is 1. The van der Waals surface area contributed by atoms with Gasteiger partial charge in [0.15, 0.2) is 11.0 Å². The molecule has 1 fully saturated rings. The molecule has 4 aromatic heterocycles. The second-order valence-electron chi connectivity index (χ2n) is 7.94. The van der Waals surface area contributed by atoms with Gasteiger partial charge in [0.1, 0.15) is 11.8 Å². The zero-order valence-corrected chi connectivity index (χ0v) is 19.2. The number of thioether (sulfide) groups is 1. The van der Waals surface area contributed by atoms with E-state index >= 15 is 0 Å². The fourth-order valence-electron chi connectivity index (χ4n) is 3.96. The number of thiophene rings is 1. The van der Waals surface area contributed by atoms with Crippen LogP contribution >= 0.6 is 23.1 Å². The molecule has 0 saturated heterocycles. The molecule has 0 bridgehead atoms. The van der Waals surface area contributed by atoms with Gasteiger partial charge in [0, 0.05) is 30.4 Å². The average Bonchev–Trinajstić information content (AvgIpc) is 3.34. The molecule has 1 aliphatic heterocycles. The van der Waals surface area contributed by atoms with Gasteiger partial charge in [0.2, 0.25) is 0 Å². The Labute approximate surface area is 198 Å². The highest BCUT2D eigenvalue weighted by molar-refractivity contribution is 7.99. The normalized spacial score (nSPS) is 18.0. The van der Waals surface area contributed by atoms with Crippen molar-refractivity contribution in [2.24, 2.45) is 5.10 Å². The molecule has 166 valence electrons. The number of hydrogen-bond acceptors (Lipinski definition) is 8. The topological polar surface area (TPSA) is 89.4 Å². The average molecular weight is 477 g/mol. The van der Waals surface area contributed by atoms with E-state index in [-0.39, 0.29) is 17.7 Å². The summed E-state index contributed by atoms with van der Waals surface area (Å²) in [5.41, 5.74) is 1.84. The van der Waals surface area contributed by atoms with Crippen LogP contribution in [0.5, 0.6) is 0 Å². The van der Waals surface area contributed by atoms with Gasteiger partial charge in [-0.25, -0.2) is 5.01 Å². The fraction of sp³-hybridized carbons (Fsp3) is 0.261. The quantitative estimate of drug-likeness (QED) is 0.356. The molecule has 4 aromatic rings. The van der Waals surface area contributed by atoms with Crippen LogP contribution in [0.2, 0.25) is 0 Å². The molecule has 1 aliphatic carbocycles. The van der Waals surface area contributed by atoms with E-state index < -0.39 is 0 Å². The van der Waals surface area contributed by atoms with Crippen molar-refractivity contribution in [1.29, 1.82) is 0 Å². The third kappa shape index (κ3) is 4.00. The first kappa shape index (κ1) is 20.4. The molecular formula is C23H20N6O2S2. The molecule has 1 amide bonds. The van der Waals surface area contributed by atoms with Crippen molar-refractivity contribution in [1.82, 2.24) is 24.8 Å². The zero-order chi connectivity index (χ0) is 22.2. The van der Waals surface area contributed by atoms with Gasteiger partial charge in [-0.15, -0.1) is 21.5 Å². The molecule has 33 heavy (non-hydrogen) atoms. The number of furan rings is 1. The lowest BCUT2D eigenvalue weighted by atomic mass is 10.1. The Kier molecular flexibility index (Phi) is 5.31. The number of carbonyl (C=O) groups is 1. The van der Waals surface area contributed by atoms with Gasteiger partial charge in [-0.05, 0) is 48.6 Å². The summed E-state index contributed by atoms with van der Waals surface area (Å²) in [7, 11) is 0. The van der Waals surface area contributed by atoms with E-state index in [0.29, 0.717) is 12.5 Å². The molecule has 1 saturated carbocycles. The van der Waals surface area contributed by atoms with Gasteiger partial charge >= 0.3 is 0 Å². The lowest BCUT2D eigenvalue weighted by Gasteiger charge is -2.19. The van der Waals surface area contributed by atoms with Crippen molar-refractivity contribution >= 4 is 34.7 Å². The van der Waals surface area contributed by atoms with Gasteiger partial charge < -0.3 is 4.42 Å². The smallest absolute Gasteiger partial charge is 0.253 e. The molecule has 0 aromatic carbocycles. The Morgan fingerprint density at radius 2 is 2.12 bits per heavy atom. The second-order valence-corrected chi connectivity index (χ2v) is 9.83. The van der Waals surface area contributed by atoms with Crippen LogP contribution in [0.3, 0.4) is 0 Å². The number of aromatic nitrogens is 4. The first-order valence-corrected chi connectivity index (χ1v) is 12.6. The molecule has 2 aliphatic rings. The van der Waals surface area contributed by atoms with E-state index in [9.17, 15) is 4.79 Å². The number of pyridine rings is 1. The van der Waals surface area contributed by atoms with Crippen LogP contribution in [0.4, 0.5) is 0 Å². The van der Waals surface area contributed by atoms with Crippen molar-refractivity contribution in [3.05, 3.63) is 71.1 Å². The highest BCUT2D eigenvalue weighted by Gasteiger charge is 2.36. The van der Waals surface area contributed by atoms with Crippen LogP contribution in [-0.4, -0.2) is 42.1 Å². The van der Waals surface area contributed by atoms with Crippen LogP contribution in [0.25, 0.3) is 11.4 Å². The third-order valence-corrected chi connectivity index (χ3v) is 7.51. The number of hydrazone groups is 1. The van der Waals surface area contributed by atoms with Crippen LogP contribution in [0.15, 0.2) is 75.1 Å². The van der Waals surface area contributed by atoms with Crippen LogP contribution in [-0.2, 0) is 4.79 Å². The summed E-state index contributed by atoms with van der Waals surface area (Å²) < 4.78 is 7.78. The van der Waals surface area contributed by atoms with E-state index in [1.54, 1.807) is 35.0 Å². The maximum absolute atomic E-state index is 13.3. The predicted octanol–water partition coefficient (Wildman–Crippen LogP) is 4.80. The standard InChI is InChI=1S/C23H20N6O2S2/c30-21(29-18(19-5-2-10-31-19)12-17(27-29)20-6-3-11-32-20)14-33-23-26-25-22(28(23)16-7-8-16)15-4-1-9-24-13-15/h1-6,9-11,13,16,18H,7-8,12,14H2/t18-/m0/s1. The SMILES string of the molecule is O=C(CSc1nnc(-c2cccnc2)n1C1CC1)N1N=C(c2cccs2)C[C@H]1c1ccco1. The van der Waals surface area contributed by atoms with Crippen molar-refractivity contribution in [2.75, 3.05) is 5.75 Å². The van der Waals surface area contributed by atoms with Crippen molar-refractivity contribution in [3.63, 3.8) is 0 Å². The molecule has 0 unspecified atom stereocenters. The van der Waals surface area contributed by atoms with Crippen LogP contribution in [0, 0.1) is 0 Å². The van der Waals surface area contributed by atoms with Gasteiger partial charge in [-0.2, -0.15) is 5.10 Å². The monoisotopic (exact) mass is 476 g/mol. The molecule has 1 atom stereocenters. The molecule has 5 heterocycles. The summed E-state index contributed by atoms with van der Waals surface area (Å²) in [5.74, 6) is 1.68. The van der Waals surface area contributed by atoms with Gasteiger partial charge in [-0.1, -0.05) is 17.8 Å². The number of nitrogens with zero attached hydrogens (tertiary/aromatic N) is 6. The predicted molar refractivity (Wildman–Crippen MR) is 126 cm³/mol. The Morgan fingerprint density at radius 3 is 2.85 bits per heavy atom. The molecule has 0 spiro atoms. The van der Waals surface area contributed by atoms with Crippen molar-refractivity contribution in [3.8, 4) is 11.4 Å². The summed E-state index contributed by atoms with van der Waals surface area (Å²) in [4.78, 5) is 18.6. The maximum Gasteiger partial charge on any atom is 0.253 e. The van der Waals surface area contributed by atoms with E-state index in [2.05, 4.69) is 24.8 Å². The Morgan fingerprint density at radius 1 is 1.18 bits per heavy atom. The zero-order valence-electron chi connectivity index (χ0n) is 17.6. The number of carbonyl (C=O) groups excluding carboxylic acids is 1. The maximum atomic E-state index is 13.3. The van der Waals surface area contributed by atoms with Gasteiger partial charge in [0.05, 0.1) is 22.6 Å². The van der Waals surface area contributed by atoms with Gasteiger partial charge in [-0.3, -0.25) is 14.3 Å². The summed E-state index contributed by atoms with van der Waals surface area (Å²) in [6, 6.07) is 11.8. The molecule has 6 rings (SSSR count). The minimum atomic E-state index is -0.238. The lowest BCUT2D eigenvalue weighted by molar-refractivity contribution is -0.130. The van der Waals surface area contributed by atoms with E-state index in [1.165, 1.54) is 11.8 Å². The van der Waals surface area contributed by atoms with E-state index in [4.69, 9.17) is 4.42 Å². The Hall–Kier alpha value is -3.24. The summed E-state index contributed by atoms with van der Waals surface area (Å²) >= 11 is 3.03. The van der Waals surface area contributed by atoms with Crippen LogP contribution in [0.1, 0.15) is 42.0 Å². The second kappa shape index (κ2) is 8.60. The minimum Gasteiger partial charge on any atom is -0.467 e. The summed E-state index contributed by atoms with van der Waals surface area (Å²) in [6.07, 6.45) is 7.98. The minimum absolute atomic E-state index is 0.0822. The van der Waals surface area contributed by atoms with E-state index in [1.807, 2.05) is 41.8 Å². The molecule has 10 heteroatoms. The van der Waals surface area contributed by atoms with Crippen molar-refractivity contribution < 1.29 is 9.21 Å². The molecule has 8 nitrogen and oxygen atoms in total. The summed E-state index contributed by atoms with van der Waals surface area (Å²) in [5, 5.41) is 17.8. The third-order valence-electron chi connectivity index (χ3n) is 5.66. The first-order chi connectivity index (χ1) is 16.3. The fourth-order valence-corrected chi connectivity index (χ4v) is 5.54. The van der Waals surface area contributed by atoms with Gasteiger partial charge in [0.25, 0.3) is 5.91 Å². The highest BCUT2D eigenvalue weighted by Crippen LogP contribution is 2.41. The highest BCUT2D eigenvalue weighted by atomic mass is 32.2. The molecular weight excluding hydrogens is 456 g/mol. The van der Waals surface area contributed by atoms with Crippen LogP contribution < -0.4 is 0 Å². The van der Waals surface area contributed by atoms with Crippen molar-refractivity contribution in [2.45, 2.75) is 36.5 Å². The molecule has 0 N–H and O–H groups in total. The lowest BCUT2D eigenvalue weighted by Crippen LogP contribution is -2.28. The molecule has 0 radical (unpaired) electrons. The first-order valence-electron chi connectivity index (χ1n) is 10.7. The summed E-state index contributed by atoms with van der Waals surface area (Å²) in [6.45, 7) is 0. The number of rotatable bonds is 7.